The summed E-state index contributed by atoms with van der Waals surface area (Å²) < 4.78 is 0. The number of hydrogen-bond donors (Lipinski definition) is 2. The Labute approximate surface area is 70.0 Å². The van der Waals surface area contributed by atoms with Gasteiger partial charge in [-0.05, 0) is 0 Å². The Morgan fingerprint density at radius 1 is 1.75 bits per heavy atom. The van der Waals surface area contributed by atoms with Crippen molar-refractivity contribution >= 4 is 12.0 Å². The first-order valence-electron chi connectivity index (χ1n) is 3.99. The summed E-state index contributed by atoms with van der Waals surface area (Å²) >= 11 is 0. The molecule has 0 amide bonds. The molecule has 2 N–H and O–H groups in total. The van der Waals surface area contributed by atoms with E-state index in [2.05, 4.69) is 10.5 Å². The molecule has 0 aliphatic carbocycles. The first kappa shape index (κ1) is 7.70. The van der Waals surface area contributed by atoms with Crippen LogP contribution in [0, 0.1) is 0 Å². The number of ketones is 1. The molecule has 2 heterocycles. The van der Waals surface area contributed by atoms with Crippen LogP contribution in [0.4, 0.5) is 0 Å². The molecule has 66 valence electrons. The second-order valence-corrected chi connectivity index (χ2v) is 3.21. The highest BCUT2D eigenvalue weighted by Crippen LogP contribution is 2.17. The van der Waals surface area contributed by atoms with Gasteiger partial charge in [-0.15, -0.1) is 0 Å². The molecular weight excluding hydrogens is 158 g/mol. The summed E-state index contributed by atoms with van der Waals surface area (Å²) in [6.07, 6.45) is 1.85. The number of rotatable bonds is 1. The highest BCUT2D eigenvalue weighted by atomic mass is 16.4. The predicted molar refractivity (Wildman–Crippen MR) is 42.2 cm³/mol. The fourth-order valence-electron chi connectivity index (χ4n) is 1.81. The van der Waals surface area contributed by atoms with E-state index < -0.39 is 0 Å². The molecule has 0 spiro atoms. The Morgan fingerprint density at radius 3 is 3.33 bits per heavy atom. The maximum Gasteiger partial charge on any atom is 0.157 e. The number of fused-ring (bicyclic) bond motifs is 2. The van der Waals surface area contributed by atoms with Crippen molar-refractivity contribution in [2.24, 2.45) is 5.16 Å². The van der Waals surface area contributed by atoms with E-state index in [1.54, 1.807) is 0 Å². The van der Waals surface area contributed by atoms with Crippen LogP contribution in [0.5, 0.6) is 0 Å². The van der Waals surface area contributed by atoms with Gasteiger partial charge in [0.05, 0.1) is 6.21 Å². The van der Waals surface area contributed by atoms with Crippen LogP contribution in [0.3, 0.4) is 0 Å². The molecule has 12 heavy (non-hydrogen) atoms. The zero-order valence-electron chi connectivity index (χ0n) is 6.60. The standard InChI is InChI=1S/C7H11N3O2/c11-7-1-5-3-10(4-8-5)6(7)2-9-12/h2,5-6,8,12H,1,3-4H2. The lowest BCUT2D eigenvalue weighted by Gasteiger charge is -2.26. The molecule has 3 unspecified atom stereocenters. The SMILES string of the molecule is O=C1CC2CN(CN2)C1C=NO. The van der Waals surface area contributed by atoms with Crippen molar-refractivity contribution < 1.29 is 10.0 Å². The van der Waals surface area contributed by atoms with Gasteiger partial charge in [-0.3, -0.25) is 15.0 Å². The average Bonchev–Trinajstić information content (AvgIpc) is 2.43. The van der Waals surface area contributed by atoms with Gasteiger partial charge in [-0.2, -0.15) is 0 Å². The predicted octanol–water partition coefficient (Wildman–Crippen LogP) is -0.981. The van der Waals surface area contributed by atoms with E-state index in [9.17, 15) is 4.79 Å². The van der Waals surface area contributed by atoms with Crippen LogP contribution in [0.25, 0.3) is 0 Å². The molecule has 2 bridgehead atoms. The van der Waals surface area contributed by atoms with E-state index >= 15 is 0 Å². The summed E-state index contributed by atoms with van der Waals surface area (Å²) in [6.45, 7) is 1.59. The number of nitrogens with one attached hydrogen (secondary N) is 1. The van der Waals surface area contributed by atoms with Crippen LogP contribution in [0.2, 0.25) is 0 Å². The van der Waals surface area contributed by atoms with Gasteiger partial charge in [0, 0.05) is 25.7 Å². The molecule has 2 fully saturated rings. The second-order valence-electron chi connectivity index (χ2n) is 3.21. The molecule has 3 atom stereocenters. The van der Waals surface area contributed by atoms with Crippen molar-refractivity contribution in [3.05, 3.63) is 0 Å². The molecule has 5 nitrogen and oxygen atoms in total. The van der Waals surface area contributed by atoms with Gasteiger partial charge >= 0.3 is 0 Å². The summed E-state index contributed by atoms with van der Waals surface area (Å²) in [6, 6.07) is -0.0120. The van der Waals surface area contributed by atoms with Crippen LogP contribution in [-0.4, -0.2) is 47.4 Å². The van der Waals surface area contributed by atoms with Gasteiger partial charge in [0.15, 0.2) is 5.78 Å². The zero-order chi connectivity index (χ0) is 8.55. The number of carbonyl (C=O) groups excluding carboxylic acids is 1. The third-order valence-electron chi connectivity index (χ3n) is 2.42. The van der Waals surface area contributed by atoms with Crippen molar-refractivity contribution in [2.45, 2.75) is 18.5 Å². The van der Waals surface area contributed by atoms with E-state index in [0.29, 0.717) is 19.1 Å². The monoisotopic (exact) mass is 169 g/mol. The summed E-state index contributed by atoms with van der Waals surface area (Å²) in [4.78, 5) is 13.3. The highest BCUT2D eigenvalue weighted by molar-refractivity contribution is 5.99. The van der Waals surface area contributed by atoms with Crippen LogP contribution >= 0.6 is 0 Å². The summed E-state index contributed by atoms with van der Waals surface area (Å²) in [7, 11) is 0. The smallest absolute Gasteiger partial charge is 0.157 e. The Morgan fingerprint density at radius 2 is 2.58 bits per heavy atom. The van der Waals surface area contributed by atoms with Crippen LogP contribution in [0.1, 0.15) is 6.42 Å². The third-order valence-corrected chi connectivity index (χ3v) is 2.42. The number of hydrogen-bond acceptors (Lipinski definition) is 5. The molecule has 5 heteroatoms. The minimum atomic E-state index is -0.318. The Kier molecular flexibility index (Phi) is 1.82. The van der Waals surface area contributed by atoms with Gasteiger partial charge < -0.3 is 5.21 Å². The van der Waals surface area contributed by atoms with Crippen molar-refractivity contribution in [1.29, 1.82) is 0 Å². The van der Waals surface area contributed by atoms with E-state index in [-0.39, 0.29) is 11.8 Å². The molecule has 0 aromatic carbocycles. The molecule has 2 rings (SSSR count). The minimum Gasteiger partial charge on any atom is -0.411 e. The summed E-state index contributed by atoms with van der Waals surface area (Å²) in [5.74, 6) is 0.133. The highest BCUT2D eigenvalue weighted by Gasteiger charge is 2.38. The van der Waals surface area contributed by atoms with Gasteiger partial charge in [0.1, 0.15) is 6.04 Å². The quantitative estimate of drug-likeness (QED) is 0.301. The van der Waals surface area contributed by atoms with Crippen molar-refractivity contribution in [3.8, 4) is 0 Å². The fourth-order valence-corrected chi connectivity index (χ4v) is 1.81. The minimum absolute atomic E-state index is 0.133. The first-order valence-corrected chi connectivity index (χ1v) is 3.99. The van der Waals surface area contributed by atoms with Gasteiger partial charge in [-0.1, -0.05) is 5.16 Å². The number of carbonyl (C=O) groups is 1. The second kappa shape index (κ2) is 2.84. The molecule has 0 radical (unpaired) electrons. The average molecular weight is 169 g/mol. The molecule has 2 aliphatic heterocycles. The Bertz CT molecular complexity index is 229. The van der Waals surface area contributed by atoms with E-state index in [4.69, 9.17) is 5.21 Å². The number of nitrogens with zero attached hydrogens (tertiary/aromatic N) is 2. The molecule has 0 saturated carbocycles. The maximum absolute atomic E-state index is 11.4. The Hall–Kier alpha value is -0.940. The van der Waals surface area contributed by atoms with Crippen molar-refractivity contribution in [1.82, 2.24) is 10.2 Å². The Balaban J connectivity index is 2.15. The lowest BCUT2D eigenvalue weighted by Crippen LogP contribution is -2.46. The van der Waals surface area contributed by atoms with Crippen molar-refractivity contribution in [3.63, 3.8) is 0 Å². The van der Waals surface area contributed by atoms with E-state index in [0.717, 1.165) is 6.54 Å². The topological polar surface area (TPSA) is 64.9 Å². The van der Waals surface area contributed by atoms with Crippen LogP contribution < -0.4 is 5.32 Å². The fraction of sp³-hybridized carbons (Fsp3) is 0.714. The molecule has 2 saturated heterocycles. The van der Waals surface area contributed by atoms with E-state index in [1.165, 1.54) is 6.21 Å². The molecular formula is C7H11N3O2. The molecule has 0 aromatic heterocycles. The van der Waals surface area contributed by atoms with Crippen molar-refractivity contribution in [2.75, 3.05) is 13.2 Å². The number of Topliss-reactive ketones (excluding diaryl/α,β-unsaturated/α-hetero) is 1. The van der Waals surface area contributed by atoms with Crippen LogP contribution in [0.15, 0.2) is 5.16 Å². The van der Waals surface area contributed by atoms with Gasteiger partial charge in [-0.25, -0.2) is 0 Å². The summed E-state index contributed by atoms with van der Waals surface area (Å²) in [5, 5.41) is 14.4. The third kappa shape index (κ3) is 1.11. The maximum atomic E-state index is 11.4. The normalized spacial score (nSPS) is 41.0. The number of oxime groups is 1. The lowest BCUT2D eigenvalue weighted by atomic mass is 10.0. The largest absolute Gasteiger partial charge is 0.411 e. The van der Waals surface area contributed by atoms with Crippen LogP contribution in [-0.2, 0) is 4.79 Å². The zero-order valence-corrected chi connectivity index (χ0v) is 6.60. The van der Waals surface area contributed by atoms with E-state index in [1.807, 2.05) is 4.90 Å². The van der Waals surface area contributed by atoms with Gasteiger partial charge in [0.25, 0.3) is 0 Å². The first-order chi connectivity index (χ1) is 5.81. The van der Waals surface area contributed by atoms with Gasteiger partial charge in [0.2, 0.25) is 0 Å². The number of piperidine rings is 1. The summed E-state index contributed by atoms with van der Waals surface area (Å²) in [5.41, 5.74) is 0. The molecule has 0 aromatic rings. The molecule has 2 aliphatic rings. The lowest BCUT2D eigenvalue weighted by molar-refractivity contribution is -0.123.